The Bertz CT molecular complexity index is 1420. The van der Waals surface area contributed by atoms with Gasteiger partial charge in [0.05, 0.1) is 29.4 Å². The number of rotatable bonds is 6. The molecule has 12 heteroatoms. The van der Waals surface area contributed by atoms with Gasteiger partial charge in [-0.3, -0.25) is 14.5 Å². The number of H-pyrrole nitrogens is 1. The van der Waals surface area contributed by atoms with Crippen LogP contribution in [-0.2, 0) is 9.47 Å². The molecule has 5 heterocycles. The van der Waals surface area contributed by atoms with E-state index in [-0.39, 0.29) is 12.1 Å². The van der Waals surface area contributed by atoms with Crippen molar-refractivity contribution in [3.05, 3.63) is 54.1 Å². The first-order valence-corrected chi connectivity index (χ1v) is 11.7. The summed E-state index contributed by atoms with van der Waals surface area (Å²) >= 11 is 0. The van der Waals surface area contributed by atoms with Crippen molar-refractivity contribution >= 4 is 23.5 Å². The second kappa shape index (κ2) is 8.55. The summed E-state index contributed by atoms with van der Waals surface area (Å²) in [7, 11) is 0. The quantitative estimate of drug-likeness (QED) is 0.372. The highest BCUT2D eigenvalue weighted by atomic mass is 19.1. The normalized spacial score (nSPS) is 22.5. The minimum atomic E-state index is -1.54. The first kappa shape index (κ1) is 22.4. The van der Waals surface area contributed by atoms with Gasteiger partial charge in [-0.1, -0.05) is 6.07 Å². The van der Waals surface area contributed by atoms with E-state index < -0.39 is 24.5 Å². The number of nitrogens with one attached hydrogen (secondary N) is 3. The van der Waals surface area contributed by atoms with E-state index in [0.29, 0.717) is 34.5 Å². The number of ether oxygens (including phenoxy) is 2. The molecule has 1 saturated heterocycles. The number of anilines is 2. The number of imidazole rings is 1. The maximum Gasteiger partial charge on any atom is 0.408 e. The highest BCUT2D eigenvalue weighted by Crippen LogP contribution is 2.36. The third kappa shape index (κ3) is 4.35. The number of pyridine rings is 1. The van der Waals surface area contributed by atoms with Gasteiger partial charge in [0.2, 0.25) is 5.95 Å². The summed E-state index contributed by atoms with van der Waals surface area (Å²) in [4.78, 5) is 25.7. The van der Waals surface area contributed by atoms with Crippen LogP contribution in [0.1, 0.15) is 37.3 Å². The van der Waals surface area contributed by atoms with Crippen LogP contribution < -0.4 is 10.6 Å². The van der Waals surface area contributed by atoms with Gasteiger partial charge in [0.25, 0.3) is 0 Å². The first-order chi connectivity index (χ1) is 17.4. The molecule has 186 valence electrons. The third-order valence-electron chi connectivity index (χ3n) is 6.39. The monoisotopic (exact) mass is 492 g/mol. The predicted octanol–water partition coefficient (Wildman–Crippen LogP) is 3.62. The number of hydrogen-bond acceptors (Lipinski definition) is 8. The highest BCUT2D eigenvalue weighted by Gasteiger charge is 2.44. The topological polar surface area (TPSA) is 131 Å². The number of aromatic amines is 1. The van der Waals surface area contributed by atoms with Crippen LogP contribution in [-0.4, -0.2) is 60.1 Å². The van der Waals surface area contributed by atoms with Crippen molar-refractivity contribution in [2.75, 3.05) is 11.9 Å². The lowest BCUT2D eigenvalue weighted by Gasteiger charge is -2.17. The minimum Gasteiger partial charge on any atom is -0.441 e. The van der Waals surface area contributed by atoms with Crippen molar-refractivity contribution in [1.29, 1.82) is 0 Å². The Morgan fingerprint density at radius 3 is 2.92 bits per heavy atom. The van der Waals surface area contributed by atoms with Crippen molar-refractivity contribution in [3.8, 4) is 11.4 Å². The number of halogens is 1. The standard InChI is InChI=1S/C24H25FN8O3/c1-13-11-33-19(27-13)10-15(14-5-3-4-8-26-14)28-22(33)29-18-9-16(31-32-18)21-20(25)17(12-35-21)36-23(34)30-24(2)6-7-24/h3-5,8-11,17,20-21H,6-7,12H2,1-2H3,(H,30,34)(H2,28,29,31,32)/t17-,20-,21-/m1/s1. The molecule has 1 aliphatic heterocycles. The number of carbonyl (C=O) groups excluding carboxylic acids is 1. The molecule has 2 aliphatic rings. The highest BCUT2D eigenvalue weighted by molar-refractivity contribution is 5.69. The lowest BCUT2D eigenvalue weighted by molar-refractivity contribution is 0.0604. The summed E-state index contributed by atoms with van der Waals surface area (Å²) in [6.45, 7) is 3.78. The van der Waals surface area contributed by atoms with Gasteiger partial charge >= 0.3 is 6.09 Å². The van der Waals surface area contributed by atoms with E-state index in [1.807, 2.05) is 48.7 Å². The average Bonchev–Trinajstić information content (AvgIpc) is 3.18. The predicted molar refractivity (Wildman–Crippen MR) is 127 cm³/mol. The maximum absolute atomic E-state index is 15.1. The van der Waals surface area contributed by atoms with E-state index in [9.17, 15) is 4.79 Å². The molecule has 3 N–H and O–H groups in total. The number of alkyl carbamates (subject to hydrolysis) is 1. The number of aromatic nitrogens is 6. The molecule has 3 atom stereocenters. The molecule has 6 rings (SSSR count). The fraction of sp³-hybridized carbons (Fsp3) is 0.375. The van der Waals surface area contributed by atoms with Crippen LogP contribution in [0.4, 0.5) is 21.0 Å². The zero-order valence-corrected chi connectivity index (χ0v) is 19.7. The van der Waals surface area contributed by atoms with Crippen molar-refractivity contribution in [3.63, 3.8) is 0 Å². The van der Waals surface area contributed by atoms with Crippen LogP contribution >= 0.6 is 0 Å². The molecule has 36 heavy (non-hydrogen) atoms. The second-order valence-corrected chi connectivity index (χ2v) is 9.45. The number of amides is 1. The van der Waals surface area contributed by atoms with Crippen LogP contribution in [0, 0.1) is 6.92 Å². The van der Waals surface area contributed by atoms with Crippen LogP contribution in [0.2, 0.25) is 0 Å². The molecule has 0 aromatic carbocycles. The third-order valence-corrected chi connectivity index (χ3v) is 6.39. The molecule has 0 unspecified atom stereocenters. The minimum absolute atomic E-state index is 0.0413. The maximum atomic E-state index is 15.1. The van der Waals surface area contributed by atoms with E-state index in [1.54, 1.807) is 12.3 Å². The van der Waals surface area contributed by atoms with Gasteiger partial charge in [0.1, 0.15) is 11.8 Å². The summed E-state index contributed by atoms with van der Waals surface area (Å²) in [6, 6.07) is 9.10. The molecule has 4 aromatic rings. The molecule has 2 fully saturated rings. The summed E-state index contributed by atoms with van der Waals surface area (Å²) in [5, 5.41) is 13.0. The van der Waals surface area contributed by atoms with E-state index in [2.05, 4.69) is 30.8 Å². The summed E-state index contributed by atoms with van der Waals surface area (Å²) < 4.78 is 27.8. The zero-order chi connectivity index (χ0) is 24.9. The second-order valence-electron chi connectivity index (χ2n) is 9.45. The van der Waals surface area contributed by atoms with Gasteiger partial charge in [-0.2, -0.15) is 5.10 Å². The molecule has 0 bridgehead atoms. The Kier molecular flexibility index (Phi) is 5.32. The Morgan fingerprint density at radius 1 is 1.28 bits per heavy atom. The molecule has 4 aromatic heterocycles. The van der Waals surface area contributed by atoms with Gasteiger partial charge < -0.3 is 20.1 Å². The number of carbonyl (C=O) groups is 1. The zero-order valence-electron chi connectivity index (χ0n) is 19.7. The fourth-order valence-corrected chi connectivity index (χ4v) is 4.17. The van der Waals surface area contributed by atoms with E-state index in [1.165, 1.54) is 0 Å². The van der Waals surface area contributed by atoms with Gasteiger partial charge in [-0.15, -0.1) is 0 Å². The van der Waals surface area contributed by atoms with Crippen molar-refractivity contribution in [2.24, 2.45) is 0 Å². The number of alkyl halides is 1. The molecule has 1 amide bonds. The summed E-state index contributed by atoms with van der Waals surface area (Å²) in [5.74, 6) is 0.894. The van der Waals surface area contributed by atoms with E-state index >= 15 is 4.39 Å². The summed E-state index contributed by atoms with van der Waals surface area (Å²) in [6.07, 6.45) is 1.23. The van der Waals surface area contributed by atoms with Gasteiger partial charge in [0, 0.05) is 30.1 Å². The number of nitrogens with zero attached hydrogens (tertiary/aromatic N) is 5. The number of hydrogen-bond donors (Lipinski definition) is 3. The Hall–Kier alpha value is -4.06. The molecule has 1 saturated carbocycles. The van der Waals surface area contributed by atoms with E-state index in [4.69, 9.17) is 14.5 Å². The van der Waals surface area contributed by atoms with Gasteiger partial charge in [-0.05, 0) is 38.8 Å². The van der Waals surface area contributed by atoms with Crippen LogP contribution in [0.25, 0.3) is 17.0 Å². The largest absolute Gasteiger partial charge is 0.441 e. The van der Waals surface area contributed by atoms with Crippen LogP contribution in [0.3, 0.4) is 0 Å². The number of aryl methyl sites for hydroxylation is 1. The molecule has 0 spiro atoms. The van der Waals surface area contributed by atoms with Gasteiger partial charge in [-0.25, -0.2) is 19.2 Å². The smallest absolute Gasteiger partial charge is 0.408 e. The van der Waals surface area contributed by atoms with Crippen LogP contribution in [0.5, 0.6) is 0 Å². The SMILES string of the molecule is Cc1cn2c(Nc3cc([C@H]4OC[C@@H](OC(=O)NC5(C)CC5)[C@H]4F)[nH]n3)nc(-c3ccccn3)cc2n1. The first-order valence-electron chi connectivity index (χ1n) is 11.7. The van der Waals surface area contributed by atoms with Crippen molar-refractivity contribution in [1.82, 2.24) is 34.9 Å². The lowest BCUT2D eigenvalue weighted by Crippen LogP contribution is -2.39. The van der Waals surface area contributed by atoms with Crippen molar-refractivity contribution in [2.45, 2.75) is 50.6 Å². The molecular weight excluding hydrogens is 467 g/mol. The fourth-order valence-electron chi connectivity index (χ4n) is 4.17. The van der Waals surface area contributed by atoms with Crippen LogP contribution in [0.15, 0.2) is 42.7 Å². The summed E-state index contributed by atoms with van der Waals surface area (Å²) in [5.41, 5.74) is 3.05. The molecular formula is C24H25FN8O3. The van der Waals surface area contributed by atoms with Crippen molar-refractivity contribution < 1.29 is 18.7 Å². The lowest BCUT2D eigenvalue weighted by atomic mass is 10.1. The molecule has 11 nitrogen and oxygen atoms in total. The molecule has 1 aliphatic carbocycles. The molecule has 0 radical (unpaired) electrons. The Morgan fingerprint density at radius 2 is 2.14 bits per heavy atom. The van der Waals surface area contributed by atoms with Gasteiger partial charge in [0.15, 0.2) is 18.1 Å². The average molecular weight is 493 g/mol. The number of fused-ring (bicyclic) bond motifs is 1. The Labute approximate surface area is 205 Å². The van der Waals surface area contributed by atoms with E-state index in [0.717, 1.165) is 18.5 Å². The Balaban J connectivity index is 1.20.